The number of hydroxylamine groups is 1. The van der Waals surface area contributed by atoms with Gasteiger partial charge in [-0.05, 0) is 10.8 Å². The molecule has 1 aliphatic heterocycles. The van der Waals surface area contributed by atoms with E-state index in [4.69, 9.17) is 0 Å². The second kappa shape index (κ2) is 2.00. The molecule has 0 spiro atoms. The van der Waals surface area contributed by atoms with E-state index < -0.39 is 11.9 Å². The molecular weight excluding hydrogens is 128 g/mol. The van der Waals surface area contributed by atoms with Crippen LogP contribution in [0.2, 0.25) is 0 Å². The van der Waals surface area contributed by atoms with Crippen molar-refractivity contribution in [1.29, 1.82) is 0 Å². The van der Waals surface area contributed by atoms with E-state index in [0.717, 1.165) is 5.17 Å². The fourth-order valence-corrected chi connectivity index (χ4v) is 0.328. The number of rotatable bonds is 0. The summed E-state index contributed by atoms with van der Waals surface area (Å²) < 4.78 is 0. The van der Waals surface area contributed by atoms with Gasteiger partial charge in [0, 0.05) is 7.05 Å². The van der Waals surface area contributed by atoms with E-state index >= 15 is 0 Å². The Morgan fingerprint density at radius 3 is 2.56 bits per heavy atom. The molecule has 50 valence electrons. The number of hydrazine groups is 1. The topological polar surface area (TPSA) is 67.9 Å². The Labute approximate surface area is 50.2 Å². The van der Waals surface area contributed by atoms with Crippen LogP contribution in [-0.4, -0.2) is 24.2 Å². The van der Waals surface area contributed by atoms with Crippen molar-refractivity contribution in [3.05, 3.63) is 0 Å². The smallest absolute Gasteiger partial charge is 0.343 e. The molecule has 6 heteroatoms. The van der Waals surface area contributed by atoms with Gasteiger partial charge in [-0.1, -0.05) is 0 Å². The van der Waals surface area contributed by atoms with Gasteiger partial charge in [0.25, 0.3) is 0 Å². The highest BCUT2D eigenvalue weighted by Gasteiger charge is 2.25. The molecule has 1 aliphatic rings. The Morgan fingerprint density at radius 2 is 2.11 bits per heavy atom. The molecular formula is C3H4N2O4. The SMILES string of the molecule is CN1NOC(=O)C(=O)O1. The highest BCUT2D eigenvalue weighted by atomic mass is 16.9. The molecule has 0 radical (unpaired) electrons. The van der Waals surface area contributed by atoms with Crippen LogP contribution >= 0.6 is 0 Å². The second-order valence-electron chi connectivity index (χ2n) is 1.36. The van der Waals surface area contributed by atoms with E-state index in [1.807, 2.05) is 5.59 Å². The predicted octanol–water partition coefficient (Wildman–Crippen LogP) is -1.65. The third-order valence-electron chi connectivity index (χ3n) is 0.653. The molecule has 0 saturated carbocycles. The quantitative estimate of drug-likeness (QED) is 0.398. The average Bonchev–Trinajstić information content (AvgIpc) is 1.80. The zero-order chi connectivity index (χ0) is 6.85. The average molecular weight is 132 g/mol. The van der Waals surface area contributed by atoms with Gasteiger partial charge in [-0.2, -0.15) is 0 Å². The normalized spacial score (nSPS) is 21.0. The number of nitrogens with zero attached hydrogens (tertiary/aromatic N) is 1. The van der Waals surface area contributed by atoms with Gasteiger partial charge < -0.3 is 9.68 Å². The lowest BCUT2D eigenvalue weighted by molar-refractivity contribution is -0.269. The largest absolute Gasteiger partial charge is 0.439 e. The Bertz CT molecular complexity index is 156. The first-order valence-electron chi connectivity index (χ1n) is 2.12. The van der Waals surface area contributed by atoms with Gasteiger partial charge in [0.05, 0.1) is 0 Å². The van der Waals surface area contributed by atoms with Crippen LogP contribution in [0, 0.1) is 0 Å². The van der Waals surface area contributed by atoms with Crippen molar-refractivity contribution in [3.63, 3.8) is 0 Å². The second-order valence-corrected chi connectivity index (χ2v) is 1.36. The van der Waals surface area contributed by atoms with Crippen LogP contribution in [0.5, 0.6) is 0 Å². The molecule has 1 rings (SSSR count). The Balaban J connectivity index is 2.54. The molecule has 6 nitrogen and oxygen atoms in total. The minimum Gasteiger partial charge on any atom is -0.343 e. The van der Waals surface area contributed by atoms with Crippen molar-refractivity contribution in [2.75, 3.05) is 7.05 Å². The van der Waals surface area contributed by atoms with E-state index in [9.17, 15) is 9.59 Å². The van der Waals surface area contributed by atoms with Crippen molar-refractivity contribution in [3.8, 4) is 0 Å². The summed E-state index contributed by atoms with van der Waals surface area (Å²) in [5.41, 5.74) is 2.00. The molecule has 0 aliphatic carbocycles. The van der Waals surface area contributed by atoms with E-state index in [1.165, 1.54) is 7.05 Å². The number of hydrogen-bond donors (Lipinski definition) is 1. The minimum absolute atomic E-state index is 0.879. The van der Waals surface area contributed by atoms with E-state index in [2.05, 4.69) is 9.68 Å². The first-order chi connectivity index (χ1) is 4.20. The summed E-state index contributed by atoms with van der Waals surface area (Å²) in [6.45, 7) is 0. The number of carbonyl (C=O) groups is 2. The number of hydrogen-bond acceptors (Lipinski definition) is 6. The molecule has 0 atom stereocenters. The lowest BCUT2D eigenvalue weighted by Gasteiger charge is -2.19. The van der Waals surface area contributed by atoms with Crippen molar-refractivity contribution in [2.45, 2.75) is 0 Å². The minimum atomic E-state index is -1.05. The standard InChI is InChI=1S/C3H4N2O4/c1-5-4-8-2(6)3(7)9-5/h4H,1H3. The van der Waals surface area contributed by atoms with Crippen LogP contribution in [0.15, 0.2) is 0 Å². The summed E-state index contributed by atoms with van der Waals surface area (Å²) in [5.74, 6) is -2.08. The molecule has 0 aromatic heterocycles. The first-order valence-corrected chi connectivity index (χ1v) is 2.12. The Morgan fingerprint density at radius 1 is 1.44 bits per heavy atom. The summed E-state index contributed by atoms with van der Waals surface area (Å²) in [5, 5.41) is 0.879. The lowest BCUT2D eigenvalue weighted by atomic mass is 10.7. The fraction of sp³-hybridized carbons (Fsp3) is 0.333. The maximum Gasteiger partial charge on any atom is 0.439 e. The first kappa shape index (κ1) is 5.99. The van der Waals surface area contributed by atoms with Gasteiger partial charge in [0.2, 0.25) is 0 Å². The van der Waals surface area contributed by atoms with Gasteiger partial charge in [0.1, 0.15) is 0 Å². The van der Waals surface area contributed by atoms with Crippen LogP contribution in [0.25, 0.3) is 0 Å². The molecule has 0 aromatic carbocycles. The number of nitrogens with one attached hydrogen (secondary N) is 1. The summed E-state index contributed by atoms with van der Waals surface area (Å²) in [4.78, 5) is 28.7. The maximum atomic E-state index is 10.2. The van der Waals surface area contributed by atoms with Crippen LogP contribution in [-0.2, 0) is 19.3 Å². The number of carbonyl (C=O) groups excluding carboxylic acids is 2. The van der Waals surface area contributed by atoms with Gasteiger partial charge in [-0.3, -0.25) is 0 Å². The molecule has 0 amide bonds. The van der Waals surface area contributed by atoms with Crippen molar-refractivity contribution < 1.29 is 19.3 Å². The summed E-state index contributed by atoms with van der Waals surface area (Å²) >= 11 is 0. The molecule has 1 heterocycles. The van der Waals surface area contributed by atoms with Crippen molar-refractivity contribution in [2.24, 2.45) is 0 Å². The Kier molecular flexibility index (Phi) is 1.33. The van der Waals surface area contributed by atoms with Gasteiger partial charge in [-0.15, -0.1) is 0 Å². The maximum absolute atomic E-state index is 10.2. The third kappa shape index (κ3) is 1.15. The monoisotopic (exact) mass is 132 g/mol. The zero-order valence-corrected chi connectivity index (χ0v) is 4.58. The summed E-state index contributed by atoms with van der Waals surface area (Å²) in [7, 11) is 1.38. The molecule has 0 unspecified atom stereocenters. The highest BCUT2D eigenvalue weighted by molar-refractivity contribution is 6.29. The summed E-state index contributed by atoms with van der Waals surface area (Å²) in [6, 6.07) is 0. The lowest BCUT2D eigenvalue weighted by Crippen LogP contribution is -2.46. The van der Waals surface area contributed by atoms with E-state index in [0.29, 0.717) is 0 Å². The summed E-state index contributed by atoms with van der Waals surface area (Å²) in [6.07, 6.45) is 0. The Hall–Kier alpha value is -1.14. The van der Waals surface area contributed by atoms with Gasteiger partial charge in [-0.25, -0.2) is 9.59 Å². The van der Waals surface area contributed by atoms with E-state index in [1.54, 1.807) is 0 Å². The van der Waals surface area contributed by atoms with E-state index in [-0.39, 0.29) is 0 Å². The molecule has 1 fully saturated rings. The van der Waals surface area contributed by atoms with Crippen LogP contribution in [0.3, 0.4) is 0 Å². The van der Waals surface area contributed by atoms with Crippen LogP contribution in [0.1, 0.15) is 0 Å². The fourth-order valence-electron chi connectivity index (χ4n) is 0.328. The van der Waals surface area contributed by atoms with Crippen LogP contribution < -0.4 is 5.59 Å². The van der Waals surface area contributed by atoms with Crippen molar-refractivity contribution in [1.82, 2.24) is 10.8 Å². The molecule has 0 aromatic rings. The third-order valence-corrected chi connectivity index (χ3v) is 0.653. The molecule has 1 N–H and O–H groups in total. The highest BCUT2D eigenvalue weighted by Crippen LogP contribution is 1.91. The molecule has 1 saturated heterocycles. The van der Waals surface area contributed by atoms with Crippen LogP contribution in [0.4, 0.5) is 0 Å². The zero-order valence-electron chi connectivity index (χ0n) is 4.58. The van der Waals surface area contributed by atoms with Crippen molar-refractivity contribution >= 4 is 11.9 Å². The predicted molar refractivity (Wildman–Crippen MR) is 23.1 cm³/mol. The molecule has 0 bridgehead atoms. The van der Waals surface area contributed by atoms with Gasteiger partial charge >= 0.3 is 11.9 Å². The van der Waals surface area contributed by atoms with Gasteiger partial charge in [0.15, 0.2) is 0 Å². The molecule has 9 heavy (non-hydrogen) atoms.